The molecule has 2 amide bonds. The second-order valence-electron chi connectivity index (χ2n) is 7.40. The topological polar surface area (TPSA) is 246 Å². The summed E-state index contributed by atoms with van der Waals surface area (Å²) in [6.45, 7) is 3.70. The molecule has 18 heteroatoms. The molecule has 37 heavy (non-hydrogen) atoms. The molecule has 0 bridgehead atoms. The lowest BCUT2D eigenvalue weighted by molar-refractivity contribution is -0.119. The number of imidazole rings is 2. The highest BCUT2D eigenvalue weighted by atomic mass is 16.2. The van der Waals surface area contributed by atoms with Crippen molar-refractivity contribution in [3.63, 3.8) is 0 Å². The van der Waals surface area contributed by atoms with Gasteiger partial charge in [-0.05, 0) is 6.42 Å². The van der Waals surface area contributed by atoms with Crippen molar-refractivity contribution in [1.82, 2.24) is 48.8 Å². The van der Waals surface area contributed by atoms with E-state index in [9.17, 15) is 24.0 Å². The van der Waals surface area contributed by atoms with Crippen LogP contribution < -0.4 is 22.8 Å². The van der Waals surface area contributed by atoms with Crippen LogP contribution in [-0.2, 0) is 17.9 Å². The van der Waals surface area contributed by atoms with Crippen molar-refractivity contribution in [2.24, 2.45) is 16.5 Å². The third kappa shape index (κ3) is 5.41. The van der Waals surface area contributed by atoms with Gasteiger partial charge in [0.25, 0.3) is 11.8 Å². The second-order valence-corrected chi connectivity index (χ2v) is 7.40. The van der Waals surface area contributed by atoms with Gasteiger partial charge in [0, 0.05) is 19.2 Å². The minimum atomic E-state index is -0.798. The van der Waals surface area contributed by atoms with E-state index in [-0.39, 0.29) is 41.6 Å². The minimum Gasteiger partial charge on any atom is -0.364 e. The molecule has 0 aromatic carbocycles. The van der Waals surface area contributed by atoms with Crippen LogP contribution in [0.3, 0.4) is 0 Å². The van der Waals surface area contributed by atoms with E-state index in [1.165, 1.54) is 6.33 Å². The van der Waals surface area contributed by atoms with E-state index < -0.39 is 23.2 Å². The summed E-state index contributed by atoms with van der Waals surface area (Å²) in [7, 11) is 1.65. The summed E-state index contributed by atoms with van der Waals surface area (Å²) in [5, 5.41) is 14.8. The van der Waals surface area contributed by atoms with Crippen LogP contribution in [0.1, 0.15) is 47.7 Å². The van der Waals surface area contributed by atoms with Crippen molar-refractivity contribution >= 4 is 34.6 Å². The lowest BCUT2D eigenvalue weighted by Crippen LogP contribution is -2.32. The van der Waals surface area contributed by atoms with Gasteiger partial charge in [-0.3, -0.25) is 19.4 Å². The summed E-state index contributed by atoms with van der Waals surface area (Å²) < 4.78 is 4.22. The van der Waals surface area contributed by atoms with Gasteiger partial charge in [-0.25, -0.2) is 28.4 Å². The zero-order valence-corrected chi connectivity index (χ0v) is 20.1. The molecule has 194 valence electrons. The Morgan fingerprint density at radius 3 is 1.65 bits per heavy atom. The maximum Gasteiger partial charge on any atom is 0.353 e. The van der Waals surface area contributed by atoms with E-state index in [1.807, 2.05) is 6.92 Å². The molecule has 0 spiro atoms. The van der Waals surface area contributed by atoms with Crippen LogP contribution in [0, 0.1) is 0 Å². The normalized spacial score (nSPS) is 11.4. The number of nitrogens with two attached hydrogens (primary N) is 2. The third-order valence-corrected chi connectivity index (χ3v) is 5.08. The summed E-state index contributed by atoms with van der Waals surface area (Å²) in [6, 6.07) is 0. The number of hydrogen-bond donors (Lipinski definition) is 2. The number of aliphatic imine (C=N–C) groups is 1. The molecule has 4 N–H and O–H groups in total. The molecule has 0 aliphatic heterocycles. The van der Waals surface area contributed by atoms with Gasteiger partial charge in [0.2, 0.25) is 0 Å². The molecule has 0 radical (unpaired) electrons. The molecule has 0 saturated heterocycles. The first-order valence-corrected chi connectivity index (χ1v) is 10.8. The number of hydrogen-bond acceptors (Lipinski definition) is 12. The number of ketones is 1. The molecule has 0 atom stereocenters. The van der Waals surface area contributed by atoms with Crippen LogP contribution in [0.15, 0.2) is 27.2 Å². The van der Waals surface area contributed by atoms with E-state index in [0.717, 1.165) is 30.2 Å². The van der Waals surface area contributed by atoms with Gasteiger partial charge >= 0.3 is 11.4 Å². The number of carbonyl (C=O) groups is 3. The fourth-order valence-electron chi connectivity index (χ4n) is 3.01. The Labute approximate surface area is 206 Å². The predicted molar refractivity (Wildman–Crippen MR) is 126 cm³/mol. The molecule has 4 aromatic rings. The Bertz CT molecular complexity index is 1640. The summed E-state index contributed by atoms with van der Waals surface area (Å²) in [5.41, 5.74) is 9.80. The first-order valence-electron chi connectivity index (χ1n) is 10.8. The molecule has 0 aliphatic carbocycles. The van der Waals surface area contributed by atoms with Crippen LogP contribution in [0.4, 0.5) is 0 Å². The van der Waals surface area contributed by atoms with Crippen LogP contribution in [0.5, 0.6) is 0 Å². The quantitative estimate of drug-likeness (QED) is 0.228. The van der Waals surface area contributed by atoms with Crippen LogP contribution >= 0.6 is 0 Å². The summed E-state index contributed by atoms with van der Waals surface area (Å²) in [6.07, 6.45) is 3.33. The average Bonchev–Trinajstić information content (AvgIpc) is 3.51. The summed E-state index contributed by atoms with van der Waals surface area (Å²) in [4.78, 5) is 68.9. The zero-order valence-electron chi connectivity index (χ0n) is 20.1. The number of primary amides is 2. The highest BCUT2D eigenvalue weighted by Crippen LogP contribution is 2.02. The number of amides is 2. The average molecular weight is 513 g/mol. The Morgan fingerprint density at radius 2 is 1.27 bits per heavy atom. The third-order valence-electron chi connectivity index (χ3n) is 5.08. The monoisotopic (exact) mass is 513 g/mol. The number of fused-ring (bicyclic) bond motifs is 2. The second kappa shape index (κ2) is 11.1. The zero-order chi connectivity index (χ0) is 27.3. The molecular weight excluding hydrogens is 490 g/mol. The summed E-state index contributed by atoms with van der Waals surface area (Å²) in [5.74, 6) is -1.70. The lowest BCUT2D eigenvalue weighted by atomic mass is 10.3. The Hall–Kier alpha value is -5.16. The van der Waals surface area contributed by atoms with E-state index in [2.05, 4.69) is 35.6 Å². The van der Waals surface area contributed by atoms with Crippen molar-refractivity contribution in [3.05, 3.63) is 45.0 Å². The smallest absolute Gasteiger partial charge is 0.353 e. The molecule has 0 unspecified atom stereocenters. The SMILES string of the molecule is CCC(=O)Cn1nnc2c(C(N)=O)ncn2c1=O.CCC(Cn1nnc2c(C(N)=O)ncn2c1=O)=NC. The fraction of sp³-hybridized carbons (Fsp3) is 0.368. The molecule has 4 aromatic heterocycles. The predicted octanol–water partition coefficient (Wildman–Crippen LogP) is -2.77. The standard InChI is InChI=1S/C10H13N7O2.C9H10N6O3/c1-3-6(12-2)4-17-10(19)16-5-13-7(8(11)18)9(16)14-15-17;1-2-5(16)3-15-9(18)14-4-11-6(7(10)17)8(14)12-13-15/h5H,3-4H2,1-2H3,(H2,11,18);4H,2-3H2,1H3,(H2,10,17). The van der Waals surface area contributed by atoms with Gasteiger partial charge in [-0.15, -0.1) is 10.2 Å². The maximum atomic E-state index is 12.1. The molecule has 0 aliphatic rings. The Kier molecular flexibility index (Phi) is 7.90. The minimum absolute atomic E-state index is 0.0207. The van der Waals surface area contributed by atoms with Crippen LogP contribution in [0.2, 0.25) is 0 Å². The van der Waals surface area contributed by atoms with E-state index in [1.54, 1.807) is 14.0 Å². The number of nitrogens with zero attached hydrogens (tertiary/aromatic N) is 11. The first kappa shape index (κ1) is 26.4. The van der Waals surface area contributed by atoms with Crippen LogP contribution in [0.25, 0.3) is 11.3 Å². The fourth-order valence-corrected chi connectivity index (χ4v) is 3.01. The molecule has 18 nitrogen and oxygen atoms in total. The number of rotatable bonds is 8. The molecule has 4 heterocycles. The van der Waals surface area contributed by atoms with Crippen molar-refractivity contribution in [3.8, 4) is 0 Å². The van der Waals surface area contributed by atoms with Gasteiger partial charge in [0.15, 0.2) is 28.5 Å². The van der Waals surface area contributed by atoms with Crippen molar-refractivity contribution in [2.45, 2.75) is 39.8 Å². The largest absolute Gasteiger partial charge is 0.364 e. The first-order chi connectivity index (χ1) is 17.6. The highest BCUT2D eigenvalue weighted by Gasteiger charge is 2.17. The van der Waals surface area contributed by atoms with Gasteiger partial charge < -0.3 is 11.5 Å². The van der Waals surface area contributed by atoms with Crippen LogP contribution in [-0.4, -0.2) is 79.1 Å². The Balaban J connectivity index is 0.000000206. The summed E-state index contributed by atoms with van der Waals surface area (Å²) >= 11 is 0. The van der Waals surface area contributed by atoms with E-state index >= 15 is 0 Å². The van der Waals surface area contributed by atoms with Crippen molar-refractivity contribution in [1.29, 1.82) is 0 Å². The number of aromatic nitrogens is 10. The van der Waals surface area contributed by atoms with Gasteiger partial charge in [0.05, 0.1) is 6.54 Å². The Morgan fingerprint density at radius 1 is 0.811 bits per heavy atom. The van der Waals surface area contributed by atoms with Gasteiger partial charge in [-0.1, -0.05) is 24.3 Å². The van der Waals surface area contributed by atoms with E-state index in [4.69, 9.17) is 11.5 Å². The van der Waals surface area contributed by atoms with Gasteiger partial charge in [-0.2, -0.15) is 9.36 Å². The van der Waals surface area contributed by atoms with Crippen molar-refractivity contribution < 1.29 is 14.4 Å². The van der Waals surface area contributed by atoms with E-state index in [0.29, 0.717) is 12.8 Å². The molecular formula is C19H23N13O5. The van der Waals surface area contributed by atoms with Crippen molar-refractivity contribution in [2.75, 3.05) is 7.05 Å². The highest BCUT2D eigenvalue weighted by molar-refractivity contribution is 5.97. The lowest BCUT2D eigenvalue weighted by Gasteiger charge is -2.04. The number of Topliss-reactive ketones (excluding diaryl/α,β-unsaturated/α-hetero) is 1. The van der Waals surface area contributed by atoms with Gasteiger partial charge in [0.1, 0.15) is 19.2 Å². The molecule has 4 rings (SSSR count). The molecule has 0 fully saturated rings. The number of carbonyl (C=O) groups excluding carboxylic acids is 3. The maximum absolute atomic E-state index is 12.1. The molecule has 0 saturated carbocycles.